The number of benzene rings is 1. The fourth-order valence-corrected chi connectivity index (χ4v) is 6.63. The number of nitrogens with zero attached hydrogens (tertiary/aromatic N) is 1. The van der Waals surface area contributed by atoms with E-state index in [0.29, 0.717) is 44.3 Å². The van der Waals surface area contributed by atoms with Crippen LogP contribution in [0.1, 0.15) is 84.6 Å². The highest BCUT2D eigenvalue weighted by Gasteiger charge is 2.61. The molecule has 3 aliphatic rings. The van der Waals surface area contributed by atoms with Gasteiger partial charge in [0.25, 0.3) is 11.8 Å². The number of carbonyl (C=O) groups is 4. The van der Waals surface area contributed by atoms with Gasteiger partial charge in [0.15, 0.2) is 6.10 Å². The van der Waals surface area contributed by atoms with Crippen molar-refractivity contribution < 1.29 is 32.3 Å². The van der Waals surface area contributed by atoms with Crippen LogP contribution < -0.4 is 20.1 Å². The van der Waals surface area contributed by atoms with Crippen LogP contribution >= 0.6 is 0 Å². The first-order valence-corrected chi connectivity index (χ1v) is 16.9. The van der Waals surface area contributed by atoms with Crippen LogP contribution in [0.4, 0.5) is 10.5 Å². The van der Waals surface area contributed by atoms with Gasteiger partial charge < -0.3 is 20.3 Å². The van der Waals surface area contributed by atoms with Gasteiger partial charge in [0.05, 0.1) is 5.69 Å². The molecule has 4 rings (SSSR count). The molecule has 1 aromatic rings. The third kappa shape index (κ3) is 8.52. The normalized spacial score (nSPS) is 26.3. The first-order valence-electron chi connectivity index (χ1n) is 15.4. The molecule has 4 atom stereocenters. The van der Waals surface area contributed by atoms with Gasteiger partial charge in [-0.05, 0) is 89.8 Å². The van der Waals surface area contributed by atoms with Gasteiger partial charge in [-0.1, -0.05) is 37.6 Å². The SMILES string of the molecule is CCc1ccc(NS(=O)(=O)NC(=O)[C@@]23C[C@H]2C=CCCCCC[C@H](OC(=O)NC(C)(C)C)C(=O)N2CCC[C@H]2C(=O)N3)cc1. The minimum absolute atomic E-state index is 0.223. The number of alkyl carbamates (subject to hydrolysis) is 1. The molecule has 0 bridgehead atoms. The summed E-state index contributed by atoms with van der Waals surface area (Å²) in [5, 5.41) is 5.53. The van der Waals surface area contributed by atoms with Crippen molar-refractivity contribution in [3.63, 3.8) is 0 Å². The lowest BCUT2D eigenvalue weighted by Gasteiger charge is -2.30. The molecule has 13 heteroatoms. The molecule has 0 spiro atoms. The van der Waals surface area contributed by atoms with E-state index in [2.05, 4.69) is 20.1 Å². The van der Waals surface area contributed by atoms with Crippen LogP contribution in [0.25, 0.3) is 0 Å². The molecular formula is C31H45N5O7S. The van der Waals surface area contributed by atoms with E-state index in [1.54, 1.807) is 24.3 Å². The van der Waals surface area contributed by atoms with Crippen LogP contribution in [-0.2, 0) is 35.8 Å². The van der Waals surface area contributed by atoms with E-state index >= 15 is 0 Å². The van der Waals surface area contributed by atoms with Gasteiger partial charge in [-0.2, -0.15) is 8.42 Å². The summed E-state index contributed by atoms with van der Waals surface area (Å²) >= 11 is 0. The Hall–Kier alpha value is -3.61. The topological polar surface area (TPSA) is 163 Å². The van der Waals surface area contributed by atoms with Gasteiger partial charge >= 0.3 is 16.3 Å². The molecule has 1 saturated heterocycles. The van der Waals surface area contributed by atoms with E-state index < -0.39 is 63.2 Å². The Morgan fingerprint density at radius 1 is 1.07 bits per heavy atom. The highest BCUT2D eigenvalue weighted by molar-refractivity contribution is 7.91. The van der Waals surface area contributed by atoms with Crippen LogP contribution in [0.2, 0.25) is 0 Å². The fourth-order valence-electron chi connectivity index (χ4n) is 5.70. The van der Waals surface area contributed by atoms with Crippen molar-refractivity contribution in [1.29, 1.82) is 0 Å². The second-order valence-corrected chi connectivity index (χ2v) is 14.3. The van der Waals surface area contributed by atoms with Gasteiger partial charge in [0.2, 0.25) is 5.91 Å². The smallest absolute Gasteiger partial charge is 0.408 e. The van der Waals surface area contributed by atoms with Crippen molar-refractivity contribution >= 4 is 39.7 Å². The Balaban J connectivity index is 1.52. The number of fused-ring (bicyclic) bond motifs is 2. The average Bonchev–Trinajstić information content (AvgIpc) is 3.40. The average molecular weight is 632 g/mol. The van der Waals surface area contributed by atoms with Crippen LogP contribution in [-0.4, -0.2) is 66.9 Å². The lowest BCUT2D eigenvalue weighted by atomic mass is 10.1. The zero-order chi connectivity index (χ0) is 32.1. The summed E-state index contributed by atoms with van der Waals surface area (Å²) in [4.78, 5) is 54.9. The molecule has 44 heavy (non-hydrogen) atoms. The number of carbonyl (C=O) groups excluding carboxylic acids is 4. The molecule has 2 fully saturated rings. The summed E-state index contributed by atoms with van der Waals surface area (Å²) in [5.41, 5.74) is -0.701. The molecule has 1 aliphatic carbocycles. The highest BCUT2D eigenvalue weighted by atomic mass is 32.2. The number of amides is 4. The zero-order valence-electron chi connectivity index (χ0n) is 26.0. The van der Waals surface area contributed by atoms with Crippen molar-refractivity contribution in [2.24, 2.45) is 5.92 Å². The molecule has 0 radical (unpaired) electrons. The van der Waals surface area contributed by atoms with Crippen molar-refractivity contribution in [2.45, 2.75) is 109 Å². The van der Waals surface area contributed by atoms with Gasteiger partial charge in [-0.25, -0.2) is 9.52 Å². The number of anilines is 1. The molecule has 242 valence electrons. The maximum absolute atomic E-state index is 13.7. The molecule has 4 amide bonds. The largest absolute Gasteiger partial charge is 0.436 e. The first-order chi connectivity index (χ1) is 20.7. The van der Waals surface area contributed by atoms with E-state index in [1.807, 2.05) is 39.8 Å². The number of hydrogen-bond acceptors (Lipinski definition) is 7. The Labute approximate surface area is 259 Å². The van der Waals surface area contributed by atoms with E-state index in [-0.39, 0.29) is 6.42 Å². The molecule has 12 nitrogen and oxygen atoms in total. The molecule has 1 aromatic carbocycles. The maximum atomic E-state index is 13.7. The summed E-state index contributed by atoms with van der Waals surface area (Å²) in [6.07, 6.45) is 7.25. The maximum Gasteiger partial charge on any atom is 0.408 e. The Bertz CT molecular complexity index is 1370. The zero-order valence-corrected chi connectivity index (χ0v) is 26.8. The van der Waals surface area contributed by atoms with Gasteiger partial charge in [-0.3, -0.25) is 19.1 Å². The third-order valence-corrected chi connectivity index (χ3v) is 9.11. The standard InChI is InChI=1S/C31H45N5O7S/c1-5-21-15-17-23(18-16-21)34-44(41,42)35-28(39)31-20-22(31)12-9-7-6-8-10-14-25(43-29(40)33-30(2,3)4)27(38)36-19-11-13-24(36)26(37)32-31/h9,12,15-18,22,24-25,34H,5-8,10-11,13-14,19-20H2,1-4H3,(H,32,37)(H,33,40)(H,35,39)/t22-,24+,25+,31-/m1/s1. The minimum Gasteiger partial charge on any atom is -0.436 e. The number of hydrogen-bond donors (Lipinski definition) is 4. The Morgan fingerprint density at radius 3 is 2.48 bits per heavy atom. The Kier molecular flexibility index (Phi) is 10.3. The van der Waals surface area contributed by atoms with E-state index in [9.17, 15) is 27.6 Å². The summed E-state index contributed by atoms with van der Waals surface area (Å²) < 4.78 is 35.9. The molecular weight excluding hydrogens is 586 g/mol. The second-order valence-electron chi connectivity index (χ2n) is 12.9. The number of aryl methyl sites for hydroxylation is 1. The minimum atomic E-state index is -4.30. The lowest BCUT2D eigenvalue weighted by molar-refractivity contribution is -0.146. The molecule has 2 aliphatic heterocycles. The lowest BCUT2D eigenvalue weighted by Crippen LogP contribution is -2.57. The third-order valence-electron chi connectivity index (χ3n) is 8.15. The van der Waals surface area contributed by atoms with Crippen molar-refractivity contribution in [3.05, 3.63) is 42.0 Å². The number of allylic oxidation sites excluding steroid dienone is 1. The number of ether oxygens (including phenoxy) is 1. The molecule has 0 unspecified atom stereocenters. The van der Waals surface area contributed by atoms with Crippen LogP contribution in [0, 0.1) is 5.92 Å². The van der Waals surface area contributed by atoms with Crippen molar-refractivity contribution in [1.82, 2.24) is 20.3 Å². The van der Waals surface area contributed by atoms with E-state index in [1.165, 1.54) is 4.90 Å². The van der Waals surface area contributed by atoms with Crippen molar-refractivity contribution in [2.75, 3.05) is 11.3 Å². The summed E-state index contributed by atoms with van der Waals surface area (Å²) in [6.45, 7) is 7.71. The first kappa shape index (κ1) is 33.3. The predicted octanol–water partition coefficient (Wildman–Crippen LogP) is 3.30. The van der Waals surface area contributed by atoms with E-state index in [4.69, 9.17) is 4.74 Å². The van der Waals surface area contributed by atoms with E-state index in [0.717, 1.165) is 24.8 Å². The number of nitrogens with one attached hydrogen (secondary N) is 4. The van der Waals surface area contributed by atoms with Gasteiger partial charge in [-0.15, -0.1) is 0 Å². The van der Waals surface area contributed by atoms with Crippen molar-refractivity contribution in [3.8, 4) is 0 Å². The molecule has 2 heterocycles. The highest BCUT2D eigenvalue weighted by Crippen LogP contribution is 2.45. The number of rotatable bonds is 6. The van der Waals surface area contributed by atoms with Gasteiger partial charge in [0, 0.05) is 18.0 Å². The summed E-state index contributed by atoms with van der Waals surface area (Å²) in [6, 6.07) is 5.93. The Morgan fingerprint density at radius 2 is 1.80 bits per heavy atom. The molecule has 1 saturated carbocycles. The fraction of sp³-hybridized carbons (Fsp3) is 0.613. The van der Waals surface area contributed by atoms with Crippen LogP contribution in [0.5, 0.6) is 0 Å². The quantitative estimate of drug-likeness (QED) is 0.350. The van der Waals surface area contributed by atoms with Gasteiger partial charge in [0.1, 0.15) is 11.6 Å². The summed E-state index contributed by atoms with van der Waals surface area (Å²) in [7, 11) is -4.30. The predicted molar refractivity (Wildman–Crippen MR) is 166 cm³/mol. The van der Waals surface area contributed by atoms with Crippen LogP contribution in [0.3, 0.4) is 0 Å². The second kappa shape index (κ2) is 13.6. The van der Waals surface area contributed by atoms with Crippen LogP contribution in [0.15, 0.2) is 36.4 Å². The summed E-state index contributed by atoms with van der Waals surface area (Å²) in [5.74, 6) is -2.25. The molecule has 0 aromatic heterocycles. The molecule has 4 N–H and O–H groups in total. The monoisotopic (exact) mass is 631 g/mol.